The van der Waals surface area contributed by atoms with Crippen LogP contribution in [-0.4, -0.2) is 44.1 Å². The summed E-state index contributed by atoms with van der Waals surface area (Å²) in [5.74, 6) is 0.712. The molecule has 1 aromatic rings. The van der Waals surface area contributed by atoms with Gasteiger partial charge in [-0.2, -0.15) is 0 Å². The summed E-state index contributed by atoms with van der Waals surface area (Å²) in [6, 6.07) is 4.69. The van der Waals surface area contributed by atoms with E-state index in [1.54, 1.807) is 25.3 Å². The monoisotopic (exact) mass is 420 g/mol. The third-order valence-corrected chi connectivity index (χ3v) is 5.05. The first-order chi connectivity index (χ1) is 14.2. The lowest BCUT2D eigenvalue weighted by molar-refractivity contribution is -0.124. The Hall–Kier alpha value is -2.77. The highest BCUT2D eigenvalue weighted by molar-refractivity contribution is 5.98. The highest BCUT2D eigenvalue weighted by Crippen LogP contribution is 2.27. The van der Waals surface area contributed by atoms with Crippen LogP contribution in [0.5, 0.6) is 11.5 Å². The van der Waals surface area contributed by atoms with Crippen LogP contribution in [-0.2, 0) is 16.0 Å². The SMILES string of the molecule is CCC(C)CC(NC(=N)NC(=O)Cc1ccc(OC)c(OC)c1)C(=O)N[C@H](C)CC. The van der Waals surface area contributed by atoms with Crippen LogP contribution in [0.4, 0.5) is 0 Å². The normalized spacial score (nSPS) is 13.5. The van der Waals surface area contributed by atoms with E-state index in [9.17, 15) is 9.59 Å². The van der Waals surface area contributed by atoms with Crippen LogP contribution in [0.1, 0.15) is 52.5 Å². The molecule has 0 fully saturated rings. The topological polar surface area (TPSA) is 113 Å². The van der Waals surface area contributed by atoms with Crippen molar-refractivity contribution in [3.63, 3.8) is 0 Å². The summed E-state index contributed by atoms with van der Waals surface area (Å²) in [5.41, 5.74) is 0.726. The molecule has 2 amide bonds. The maximum Gasteiger partial charge on any atom is 0.242 e. The molecule has 0 saturated heterocycles. The van der Waals surface area contributed by atoms with Gasteiger partial charge in [0.25, 0.3) is 0 Å². The summed E-state index contributed by atoms with van der Waals surface area (Å²) in [6.07, 6.45) is 2.39. The third kappa shape index (κ3) is 8.31. The van der Waals surface area contributed by atoms with Crippen molar-refractivity contribution in [2.24, 2.45) is 5.92 Å². The molecule has 8 heteroatoms. The Morgan fingerprint density at radius 3 is 2.27 bits per heavy atom. The molecule has 3 atom stereocenters. The summed E-state index contributed by atoms with van der Waals surface area (Å²) in [5, 5.41) is 16.4. The van der Waals surface area contributed by atoms with Crippen molar-refractivity contribution in [3.8, 4) is 11.5 Å². The third-order valence-electron chi connectivity index (χ3n) is 5.05. The molecule has 4 N–H and O–H groups in total. The molecule has 0 bridgehead atoms. The van der Waals surface area contributed by atoms with E-state index in [0.29, 0.717) is 23.8 Å². The summed E-state index contributed by atoms with van der Waals surface area (Å²) in [7, 11) is 3.08. The molecule has 8 nitrogen and oxygen atoms in total. The summed E-state index contributed by atoms with van der Waals surface area (Å²) in [4.78, 5) is 25.0. The van der Waals surface area contributed by atoms with E-state index in [1.807, 2.05) is 13.8 Å². The van der Waals surface area contributed by atoms with Crippen molar-refractivity contribution >= 4 is 17.8 Å². The smallest absolute Gasteiger partial charge is 0.242 e. The Bertz CT molecular complexity index is 723. The molecule has 0 aliphatic rings. The van der Waals surface area contributed by atoms with Gasteiger partial charge in [0, 0.05) is 6.04 Å². The lowest BCUT2D eigenvalue weighted by Gasteiger charge is -2.24. The number of amides is 2. The number of methoxy groups -OCH3 is 2. The van der Waals surface area contributed by atoms with Gasteiger partial charge in [-0.3, -0.25) is 20.3 Å². The molecule has 1 aromatic carbocycles. The molecule has 0 aromatic heterocycles. The van der Waals surface area contributed by atoms with E-state index in [2.05, 4.69) is 29.8 Å². The fourth-order valence-electron chi connectivity index (χ4n) is 2.82. The maximum absolute atomic E-state index is 12.6. The Balaban J connectivity index is 2.73. The van der Waals surface area contributed by atoms with E-state index in [0.717, 1.165) is 18.4 Å². The largest absolute Gasteiger partial charge is 0.493 e. The van der Waals surface area contributed by atoms with Gasteiger partial charge in [-0.05, 0) is 43.4 Å². The first-order valence-corrected chi connectivity index (χ1v) is 10.4. The van der Waals surface area contributed by atoms with Crippen LogP contribution in [0.15, 0.2) is 18.2 Å². The Morgan fingerprint density at radius 2 is 1.70 bits per heavy atom. The number of nitrogens with one attached hydrogen (secondary N) is 4. The van der Waals surface area contributed by atoms with Gasteiger partial charge in [0.05, 0.1) is 20.6 Å². The molecule has 1 rings (SSSR count). The average Bonchev–Trinajstić information content (AvgIpc) is 2.72. The Labute approximate surface area is 179 Å². The summed E-state index contributed by atoms with van der Waals surface area (Å²) < 4.78 is 10.4. The van der Waals surface area contributed by atoms with E-state index in [-0.39, 0.29) is 30.2 Å². The van der Waals surface area contributed by atoms with Gasteiger partial charge in [-0.15, -0.1) is 0 Å². The van der Waals surface area contributed by atoms with Gasteiger partial charge >= 0.3 is 0 Å². The van der Waals surface area contributed by atoms with Gasteiger partial charge in [-0.25, -0.2) is 0 Å². The molecule has 0 saturated carbocycles. The van der Waals surface area contributed by atoms with E-state index < -0.39 is 6.04 Å². The van der Waals surface area contributed by atoms with Gasteiger partial charge in [-0.1, -0.05) is 33.3 Å². The average molecular weight is 421 g/mol. The minimum absolute atomic E-state index is 0.0487. The van der Waals surface area contributed by atoms with Gasteiger partial charge in [0.1, 0.15) is 6.04 Å². The fraction of sp³-hybridized carbons (Fsp3) is 0.591. The number of benzene rings is 1. The van der Waals surface area contributed by atoms with Crippen LogP contribution in [0, 0.1) is 11.3 Å². The van der Waals surface area contributed by atoms with Crippen LogP contribution < -0.4 is 25.4 Å². The molecule has 0 aliphatic heterocycles. The second kappa shape index (κ2) is 12.7. The lowest BCUT2D eigenvalue weighted by Crippen LogP contribution is -2.53. The quantitative estimate of drug-likeness (QED) is 0.325. The van der Waals surface area contributed by atoms with Gasteiger partial charge < -0.3 is 20.1 Å². The fourth-order valence-corrected chi connectivity index (χ4v) is 2.82. The summed E-state index contributed by atoms with van der Waals surface area (Å²) >= 11 is 0. The first-order valence-electron chi connectivity index (χ1n) is 10.4. The van der Waals surface area contributed by atoms with Crippen molar-refractivity contribution in [3.05, 3.63) is 23.8 Å². The number of rotatable bonds is 11. The van der Waals surface area contributed by atoms with Crippen molar-refractivity contribution in [1.82, 2.24) is 16.0 Å². The second-order valence-corrected chi connectivity index (χ2v) is 7.55. The van der Waals surface area contributed by atoms with E-state index in [4.69, 9.17) is 14.9 Å². The van der Waals surface area contributed by atoms with Crippen molar-refractivity contribution in [2.45, 2.75) is 65.5 Å². The molecular weight excluding hydrogens is 384 g/mol. The van der Waals surface area contributed by atoms with Crippen molar-refractivity contribution in [2.75, 3.05) is 14.2 Å². The second-order valence-electron chi connectivity index (χ2n) is 7.55. The predicted octanol–water partition coefficient (Wildman–Crippen LogP) is 2.61. The molecular formula is C22H36N4O4. The molecule has 168 valence electrons. The number of hydrogen-bond acceptors (Lipinski definition) is 5. The Kier molecular flexibility index (Phi) is 10.7. The minimum Gasteiger partial charge on any atom is -0.493 e. The van der Waals surface area contributed by atoms with Crippen molar-refractivity contribution in [1.29, 1.82) is 5.41 Å². The number of carbonyl (C=O) groups excluding carboxylic acids is 2. The van der Waals surface area contributed by atoms with Crippen LogP contribution in [0.25, 0.3) is 0 Å². The highest BCUT2D eigenvalue weighted by atomic mass is 16.5. The molecule has 30 heavy (non-hydrogen) atoms. The molecule has 2 unspecified atom stereocenters. The first kappa shape index (κ1) is 25.3. The Morgan fingerprint density at radius 1 is 1.03 bits per heavy atom. The molecule has 0 heterocycles. The standard InChI is InChI=1S/C22H36N4O4/c1-7-14(3)11-17(21(28)24-15(4)8-2)25-22(23)26-20(27)13-16-9-10-18(29-5)19(12-16)30-6/h9-10,12,14-15,17H,7-8,11,13H2,1-6H3,(H,24,28)(H3,23,25,26,27)/t14?,15-,17?/m1/s1. The summed E-state index contributed by atoms with van der Waals surface area (Å²) in [6.45, 7) is 8.06. The molecule has 0 spiro atoms. The minimum atomic E-state index is -0.581. The predicted molar refractivity (Wildman–Crippen MR) is 118 cm³/mol. The van der Waals surface area contributed by atoms with Crippen LogP contribution in [0.3, 0.4) is 0 Å². The molecule has 0 aliphatic carbocycles. The van der Waals surface area contributed by atoms with Gasteiger partial charge in [0.2, 0.25) is 11.8 Å². The molecule has 0 radical (unpaired) electrons. The zero-order valence-corrected chi connectivity index (χ0v) is 18.9. The van der Waals surface area contributed by atoms with E-state index >= 15 is 0 Å². The number of ether oxygens (including phenoxy) is 2. The zero-order valence-electron chi connectivity index (χ0n) is 18.9. The number of guanidine groups is 1. The maximum atomic E-state index is 12.6. The van der Waals surface area contributed by atoms with Gasteiger partial charge in [0.15, 0.2) is 17.5 Å². The number of carbonyl (C=O) groups is 2. The highest BCUT2D eigenvalue weighted by Gasteiger charge is 2.23. The van der Waals surface area contributed by atoms with Crippen molar-refractivity contribution < 1.29 is 19.1 Å². The number of hydrogen-bond donors (Lipinski definition) is 4. The van der Waals surface area contributed by atoms with Crippen LogP contribution in [0.2, 0.25) is 0 Å². The zero-order chi connectivity index (χ0) is 22.7. The van der Waals surface area contributed by atoms with Crippen LogP contribution >= 0.6 is 0 Å². The van der Waals surface area contributed by atoms with E-state index in [1.165, 1.54) is 7.11 Å². The lowest BCUT2D eigenvalue weighted by atomic mass is 9.98.